The lowest BCUT2D eigenvalue weighted by atomic mass is 10.8. The number of rotatable bonds is 0. The molecule has 0 amide bonds. The van der Waals surface area contributed by atoms with Crippen LogP contribution in [0.15, 0.2) is 12.4 Å². The highest BCUT2D eigenvalue weighted by Gasteiger charge is 2.19. The maximum atomic E-state index is 3.90. The summed E-state index contributed by atoms with van der Waals surface area (Å²) >= 11 is 0. The van der Waals surface area contributed by atoms with E-state index in [0.29, 0.717) is 0 Å². The van der Waals surface area contributed by atoms with Crippen LogP contribution in [0.5, 0.6) is 0 Å². The predicted octanol–water partition coefficient (Wildman–Crippen LogP) is 0.268. The Hall–Kier alpha value is -0.920. The smallest absolute Gasteiger partial charge is 0.0949 e. The summed E-state index contributed by atoms with van der Waals surface area (Å²) in [5, 5.41) is 0. The Bertz CT molecular complexity index is 174. The number of fused-ring (bicyclic) bond motifs is 1. The van der Waals surface area contributed by atoms with Gasteiger partial charge in [-0.2, -0.15) is 0 Å². The minimum Gasteiger partial charge on any atom is -0.257 e. The van der Waals surface area contributed by atoms with Crippen LogP contribution in [0, 0.1) is 6.42 Å². The molecule has 2 heteroatoms. The number of hydrogen-bond acceptors (Lipinski definition) is 2. The summed E-state index contributed by atoms with van der Waals surface area (Å²) in [7, 11) is 0. The highest BCUT2D eigenvalue weighted by molar-refractivity contribution is 5.47. The molecular weight excluding hydrogens is 88.1 g/mol. The Morgan fingerprint density at radius 1 is 1.14 bits per heavy atom. The van der Waals surface area contributed by atoms with E-state index in [1.165, 1.54) is 0 Å². The van der Waals surface area contributed by atoms with Crippen molar-refractivity contribution in [3.63, 3.8) is 0 Å². The van der Waals surface area contributed by atoms with E-state index in [2.05, 4.69) is 16.4 Å². The molecule has 1 aromatic rings. The fourth-order valence-corrected chi connectivity index (χ4v) is 0.483. The monoisotopic (exact) mass is 90.0 g/mol. The molecule has 7 heavy (non-hydrogen) atoms. The molecule has 0 aliphatic heterocycles. The van der Waals surface area contributed by atoms with E-state index in [1.807, 2.05) is 0 Å². The summed E-state index contributed by atoms with van der Waals surface area (Å²) < 4.78 is 0. The molecule has 2 radical (unpaired) electrons. The lowest BCUT2D eigenvalue weighted by Crippen LogP contribution is -1.66. The summed E-state index contributed by atoms with van der Waals surface area (Å²) in [6.45, 7) is 0. The average molecular weight is 90.1 g/mol. The van der Waals surface area contributed by atoms with Gasteiger partial charge in [0.2, 0.25) is 0 Å². The Morgan fingerprint density at radius 2 is 1.71 bits per heavy atom. The molecule has 1 aliphatic rings. The highest BCUT2D eigenvalue weighted by Crippen LogP contribution is 2.22. The summed E-state index contributed by atoms with van der Waals surface area (Å²) in [5.74, 6) is 0. The molecule has 1 heterocycles. The topological polar surface area (TPSA) is 25.8 Å². The van der Waals surface area contributed by atoms with Crippen LogP contribution >= 0.6 is 0 Å². The van der Waals surface area contributed by atoms with Gasteiger partial charge in [-0.1, -0.05) is 0 Å². The zero-order valence-corrected chi connectivity index (χ0v) is 3.55. The van der Waals surface area contributed by atoms with Gasteiger partial charge in [0.1, 0.15) is 0 Å². The normalized spacial score (nSPS) is 13.1. The highest BCUT2D eigenvalue weighted by atomic mass is 14.8. The minimum atomic E-state index is 0.919. The third-order valence-electron chi connectivity index (χ3n) is 0.873. The second-order valence-corrected chi connectivity index (χ2v) is 1.38. The minimum absolute atomic E-state index is 0.919. The van der Waals surface area contributed by atoms with Gasteiger partial charge in [0.25, 0.3) is 0 Å². The lowest BCUT2D eigenvalue weighted by molar-refractivity contribution is 1.23. The first-order valence-electron chi connectivity index (χ1n) is 2.05. The van der Waals surface area contributed by atoms with E-state index in [9.17, 15) is 0 Å². The Balaban J connectivity index is 2.73. The maximum absolute atomic E-state index is 3.90. The van der Waals surface area contributed by atoms with Crippen LogP contribution in [0.1, 0.15) is 11.4 Å². The van der Waals surface area contributed by atoms with Crippen molar-refractivity contribution in [2.75, 3.05) is 0 Å². The van der Waals surface area contributed by atoms with Crippen molar-refractivity contribution < 1.29 is 0 Å². The summed E-state index contributed by atoms with van der Waals surface area (Å²) in [4.78, 5) is 7.80. The van der Waals surface area contributed by atoms with Crippen molar-refractivity contribution >= 4 is 0 Å². The molecule has 1 aromatic heterocycles. The first kappa shape index (κ1) is 3.13. The predicted molar refractivity (Wildman–Crippen MR) is 23.5 cm³/mol. The second kappa shape index (κ2) is 0.832. The van der Waals surface area contributed by atoms with E-state index < -0.39 is 0 Å². The average Bonchev–Trinajstić information content (AvgIpc) is 2.41. The molecule has 0 saturated heterocycles. The lowest BCUT2D eigenvalue weighted by Gasteiger charge is -1.69. The van der Waals surface area contributed by atoms with Gasteiger partial charge < -0.3 is 0 Å². The first-order valence-corrected chi connectivity index (χ1v) is 2.05. The molecule has 0 unspecified atom stereocenters. The fraction of sp³-hybridized carbons (Fsp3) is 0. The third-order valence-corrected chi connectivity index (χ3v) is 0.873. The molecule has 0 saturated carbocycles. The summed E-state index contributed by atoms with van der Waals surface area (Å²) in [5.41, 5.74) is 1.84. The van der Waals surface area contributed by atoms with Crippen molar-refractivity contribution in [2.45, 2.75) is 0 Å². The van der Waals surface area contributed by atoms with Crippen molar-refractivity contribution in [3.8, 4) is 0 Å². The molecular formula is C5H2N2. The maximum Gasteiger partial charge on any atom is 0.0949 e. The van der Waals surface area contributed by atoms with E-state index >= 15 is 0 Å². The van der Waals surface area contributed by atoms with Crippen LogP contribution in [-0.4, -0.2) is 9.97 Å². The van der Waals surface area contributed by atoms with Crippen molar-refractivity contribution in [2.24, 2.45) is 0 Å². The quantitative estimate of drug-likeness (QED) is 0.464. The van der Waals surface area contributed by atoms with Crippen LogP contribution in [0.4, 0.5) is 0 Å². The molecule has 0 fully saturated rings. The molecule has 0 atom stereocenters. The van der Waals surface area contributed by atoms with E-state index in [0.717, 1.165) is 11.4 Å². The van der Waals surface area contributed by atoms with Gasteiger partial charge >= 0.3 is 0 Å². The first-order chi connectivity index (χ1) is 3.47. The van der Waals surface area contributed by atoms with Crippen molar-refractivity contribution in [1.29, 1.82) is 0 Å². The van der Waals surface area contributed by atoms with Crippen LogP contribution < -0.4 is 0 Å². The second-order valence-electron chi connectivity index (χ2n) is 1.38. The molecule has 1 aliphatic carbocycles. The molecule has 0 spiro atoms. The number of nitrogens with zero attached hydrogens (tertiary/aromatic N) is 2. The van der Waals surface area contributed by atoms with Crippen LogP contribution in [0.3, 0.4) is 0 Å². The van der Waals surface area contributed by atoms with Crippen LogP contribution in [0.2, 0.25) is 0 Å². The Morgan fingerprint density at radius 3 is 2.14 bits per heavy atom. The van der Waals surface area contributed by atoms with Gasteiger partial charge in [0, 0.05) is 12.4 Å². The van der Waals surface area contributed by atoms with E-state index in [1.54, 1.807) is 12.4 Å². The number of aromatic nitrogens is 2. The fourth-order valence-electron chi connectivity index (χ4n) is 0.483. The van der Waals surface area contributed by atoms with Crippen molar-refractivity contribution in [1.82, 2.24) is 9.97 Å². The molecule has 0 aromatic carbocycles. The molecule has 2 rings (SSSR count). The summed E-state index contributed by atoms with van der Waals surface area (Å²) in [6, 6.07) is 0. The molecule has 0 N–H and O–H groups in total. The largest absolute Gasteiger partial charge is 0.257 e. The van der Waals surface area contributed by atoms with Gasteiger partial charge in [0.05, 0.1) is 17.8 Å². The van der Waals surface area contributed by atoms with Gasteiger partial charge in [-0.25, -0.2) is 0 Å². The van der Waals surface area contributed by atoms with E-state index in [-0.39, 0.29) is 0 Å². The Kier molecular flexibility index (Phi) is 0.372. The Labute approximate surface area is 41.2 Å². The van der Waals surface area contributed by atoms with Gasteiger partial charge in [0.15, 0.2) is 0 Å². The van der Waals surface area contributed by atoms with Crippen LogP contribution in [0.25, 0.3) is 0 Å². The van der Waals surface area contributed by atoms with Gasteiger partial charge in [-0.15, -0.1) is 0 Å². The molecule has 2 nitrogen and oxygen atoms in total. The van der Waals surface area contributed by atoms with Crippen LogP contribution in [-0.2, 0) is 0 Å². The third kappa shape index (κ3) is 0.330. The number of hydrogen-bond donors (Lipinski definition) is 0. The zero-order chi connectivity index (χ0) is 4.69. The van der Waals surface area contributed by atoms with E-state index in [4.69, 9.17) is 0 Å². The summed E-state index contributed by atoms with van der Waals surface area (Å²) in [6.07, 6.45) is 6.20. The molecule has 32 valence electrons. The standard InChI is InChI=1S/C5H2N2/c1-2-7-5-3-4(5)6-1/h1-2H. The zero-order valence-electron chi connectivity index (χ0n) is 3.55. The van der Waals surface area contributed by atoms with Crippen molar-refractivity contribution in [3.05, 3.63) is 30.2 Å². The van der Waals surface area contributed by atoms with Gasteiger partial charge in [-0.3, -0.25) is 9.97 Å². The SMILES string of the molecule is [C]1c2nccnc21. The van der Waals surface area contributed by atoms with Gasteiger partial charge in [-0.05, 0) is 0 Å². The molecule has 0 bridgehead atoms.